The first-order chi connectivity index (χ1) is 5.59. The van der Waals surface area contributed by atoms with Crippen LogP contribution in [0.4, 0.5) is 14.5 Å². The first-order valence-corrected chi connectivity index (χ1v) is 3.40. The van der Waals surface area contributed by atoms with Crippen molar-refractivity contribution in [2.45, 2.75) is 13.5 Å². The first-order valence-electron chi connectivity index (χ1n) is 3.40. The average molecular weight is 210 g/mol. The van der Waals surface area contributed by atoms with E-state index in [9.17, 15) is 8.78 Å². The number of ether oxygens (including phenoxy) is 1. The molecule has 0 unspecified atom stereocenters. The molecule has 2 N–H and O–H groups in total. The maximum atomic E-state index is 11.7. The molecule has 0 radical (unpaired) electrons. The van der Waals surface area contributed by atoms with Crippen LogP contribution >= 0.6 is 12.4 Å². The topological polar surface area (TPSA) is 35.2 Å². The van der Waals surface area contributed by atoms with Crippen LogP contribution < -0.4 is 10.5 Å². The van der Waals surface area contributed by atoms with Gasteiger partial charge in [0.25, 0.3) is 0 Å². The Labute approximate surface area is 81.1 Å². The predicted octanol–water partition coefficient (Wildman–Crippen LogP) is 2.60. The van der Waals surface area contributed by atoms with Gasteiger partial charge in [0.1, 0.15) is 5.75 Å². The smallest absolute Gasteiger partial charge is 0.387 e. The van der Waals surface area contributed by atoms with Crippen LogP contribution in [0, 0.1) is 6.92 Å². The monoisotopic (exact) mass is 209 g/mol. The summed E-state index contributed by atoms with van der Waals surface area (Å²) in [4.78, 5) is 0. The van der Waals surface area contributed by atoms with Crippen molar-refractivity contribution < 1.29 is 13.5 Å². The molecule has 0 aliphatic heterocycles. The molecular weight excluding hydrogens is 200 g/mol. The van der Waals surface area contributed by atoms with Crippen LogP contribution in [0.2, 0.25) is 0 Å². The second-order valence-electron chi connectivity index (χ2n) is 2.42. The van der Waals surface area contributed by atoms with Crippen molar-refractivity contribution in [3.63, 3.8) is 0 Å². The number of nitrogens with two attached hydrogens (primary N) is 1. The maximum absolute atomic E-state index is 11.7. The van der Waals surface area contributed by atoms with Crippen molar-refractivity contribution in [2.75, 3.05) is 5.73 Å². The number of hydrogen-bond acceptors (Lipinski definition) is 2. The van der Waals surface area contributed by atoms with Crippen molar-refractivity contribution in [2.24, 2.45) is 0 Å². The molecule has 1 aromatic carbocycles. The molecule has 0 bridgehead atoms. The standard InChI is InChI=1S/C8H9F2NO.ClH/c1-5-2-3-7(6(11)4-5)12-8(9)10;/h2-4,8H,11H2,1H3;1H. The van der Waals surface area contributed by atoms with Gasteiger partial charge in [-0.3, -0.25) is 0 Å². The molecule has 0 fully saturated rings. The molecule has 0 saturated carbocycles. The van der Waals surface area contributed by atoms with E-state index in [0.29, 0.717) is 0 Å². The van der Waals surface area contributed by atoms with E-state index >= 15 is 0 Å². The van der Waals surface area contributed by atoms with Crippen molar-refractivity contribution in [1.82, 2.24) is 0 Å². The minimum absolute atomic E-state index is 0. The zero-order valence-electron chi connectivity index (χ0n) is 6.96. The molecule has 0 heterocycles. The van der Waals surface area contributed by atoms with Gasteiger partial charge in [0.15, 0.2) is 0 Å². The van der Waals surface area contributed by atoms with Crippen molar-refractivity contribution in [3.05, 3.63) is 23.8 Å². The Morgan fingerprint density at radius 3 is 2.46 bits per heavy atom. The molecule has 0 aromatic heterocycles. The quantitative estimate of drug-likeness (QED) is 0.760. The lowest BCUT2D eigenvalue weighted by molar-refractivity contribution is -0.0493. The van der Waals surface area contributed by atoms with Crippen LogP contribution in [0.3, 0.4) is 0 Å². The number of benzene rings is 1. The molecule has 0 aliphatic carbocycles. The number of alkyl halides is 2. The van der Waals surface area contributed by atoms with Gasteiger partial charge in [-0.2, -0.15) is 8.78 Å². The molecule has 74 valence electrons. The van der Waals surface area contributed by atoms with E-state index in [1.807, 2.05) is 6.92 Å². The Bertz CT molecular complexity index is 281. The van der Waals surface area contributed by atoms with Gasteiger partial charge in [-0.15, -0.1) is 12.4 Å². The number of halogens is 3. The minimum Gasteiger partial charge on any atom is -0.433 e. The number of nitrogen functional groups attached to an aromatic ring is 1. The van der Waals surface area contributed by atoms with E-state index in [2.05, 4.69) is 4.74 Å². The largest absolute Gasteiger partial charge is 0.433 e. The van der Waals surface area contributed by atoms with Crippen molar-refractivity contribution in [1.29, 1.82) is 0 Å². The van der Waals surface area contributed by atoms with Gasteiger partial charge in [0.2, 0.25) is 0 Å². The summed E-state index contributed by atoms with van der Waals surface area (Å²) in [7, 11) is 0. The van der Waals surface area contributed by atoms with Crippen LogP contribution in [-0.4, -0.2) is 6.61 Å². The SMILES string of the molecule is Cc1ccc(OC(F)F)c(N)c1.Cl. The number of hydrogen-bond donors (Lipinski definition) is 1. The molecule has 2 nitrogen and oxygen atoms in total. The molecule has 0 amide bonds. The fraction of sp³-hybridized carbons (Fsp3) is 0.250. The van der Waals surface area contributed by atoms with E-state index in [0.717, 1.165) is 5.56 Å². The molecule has 13 heavy (non-hydrogen) atoms. The molecule has 0 atom stereocenters. The third kappa shape index (κ3) is 3.46. The average Bonchev–Trinajstić information content (AvgIpc) is 1.94. The second-order valence-corrected chi connectivity index (χ2v) is 2.42. The third-order valence-corrected chi connectivity index (χ3v) is 1.38. The third-order valence-electron chi connectivity index (χ3n) is 1.38. The van der Waals surface area contributed by atoms with E-state index < -0.39 is 6.61 Å². The van der Waals surface area contributed by atoms with Crippen LogP contribution in [0.5, 0.6) is 5.75 Å². The number of aryl methyl sites for hydroxylation is 1. The minimum atomic E-state index is -2.82. The maximum Gasteiger partial charge on any atom is 0.387 e. The summed E-state index contributed by atoms with van der Waals surface area (Å²) in [5, 5.41) is 0. The van der Waals surface area contributed by atoms with Gasteiger partial charge >= 0.3 is 6.61 Å². The van der Waals surface area contributed by atoms with Gasteiger partial charge in [-0.25, -0.2) is 0 Å². The Hall–Kier alpha value is -1.03. The lowest BCUT2D eigenvalue weighted by Gasteiger charge is -2.07. The van der Waals surface area contributed by atoms with Crippen LogP contribution in [0.15, 0.2) is 18.2 Å². The highest BCUT2D eigenvalue weighted by molar-refractivity contribution is 5.85. The molecule has 1 rings (SSSR count). The molecule has 0 spiro atoms. The predicted molar refractivity (Wildman–Crippen MR) is 49.5 cm³/mol. The summed E-state index contributed by atoms with van der Waals surface area (Å²) in [5.74, 6) is 0.0237. The summed E-state index contributed by atoms with van der Waals surface area (Å²) >= 11 is 0. The Kier molecular flexibility index (Phi) is 4.48. The molecular formula is C8H10ClF2NO. The molecule has 1 aromatic rings. The van der Waals surface area contributed by atoms with Crippen LogP contribution in [0.1, 0.15) is 5.56 Å². The van der Waals surface area contributed by atoms with Gasteiger partial charge < -0.3 is 10.5 Å². The van der Waals surface area contributed by atoms with Crippen LogP contribution in [-0.2, 0) is 0 Å². The van der Waals surface area contributed by atoms with E-state index in [-0.39, 0.29) is 23.8 Å². The Morgan fingerprint density at radius 1 is 1.38 bits per heavy atom. The summed E-state index contributed by atoms with van der Waals surface area (Å²) in [6.45, 7) is -1.00. The normalized spacial score (nSPS) is 9.54. The summed E-state index contributed by atoms with van der Waals surface area (Å²) in [6, 6.07) is 4.67. The summed E-state index contributed by atoms with van der Waals surface area (Å²) in [6.07, 6.45) is 0. The lowest BCUT2D eigenvalue weighted by Crippen LogP contribution is -2.04. The highest BCUT2D eigenvalue weighted by atomic mass is 35.5. The van der Waals surface area contributed by atoms with Gasteiger partial charge in [0, 0.05) is 0 Å². The van der Waals surface area contributed by atoms with Crippen molar-refractivity contribution >= 4 is 18.1 Å². The van der Waals surface area contributed by atoms with E-state index in [1.54, 1.807) is 12.1 Å². The van der Waals surface area contributed by atoms with E-state index in [4.69, 9.17) is 5.73 Å². The van der Waals surface area contributed by atoms with E-state index in [1.165, 1.54) is 6.07 Å². The van der Waals surface area contributed by atoms with Gasteiger partial charge in [-0.1, -0.05) is 6.07 Å². The zero-order chi connectivity index (χ0) is 9.14. The summed E-state index contributed by atoms with van der Waals surface area (Å²) in [5.41, 5.74) is 6.55. The summed E-state index contributed by atoms with van der Waals surface area (Å²) < 4.78 is 27.6. The Morgan fingerprint density at radius 2 is 2.00 bits per heavy atom. The van der Waals surface area contributed by atoms with Crippen LogP contribution in [0.25, 0.3) is 0 Å². The van der Waals surface area contributed by atoms with Gasteiger partial charge in [0.05, 0.1) is 5.69 Å². The molecule has 5 heteroatoms. The van der Waals surface area contributed by atoms with Crippen molar-refractivity contribution in [3.8, 4) is 5.75 Å². The second kappa shape index (κ2) is 4.87. The fourth-order valence-corrected chi connectivity index (χ4v) is 0.871. The molecule has 0 aliphatic rings. The lowest BCUT2D eigenvalue weighted by atomic mass is 10.2. The Balaban J connectivity index is 0.00000144. The fourth-order valence-electron chi connectivity index (χ4n) is 0.871. The number of anilines is 1. The number of rotatable bonds is 2. The highest BCUT2D eigenvalue weighted by Gasteiger charge is 2.06. The highest BCUT2D eigenvalue weighted by Crippen LogP contribution is 2.23. The van der Waals surface area contributed by atoms with Gasteiger partial charge in [-0.05, 0) is 24.6 Å². The first kappa shape index (κ1) is 12.0. The molecule has 0 saturated heterocycles. The zero-order valence-corrected chi connectivity index (χ0v) is 7.78.